The summed E-state index contributed by atoms with van der Waals surface area (Å²) in [7, 11) is 0. The molecule has 0 fully saturated rings. The molecule has 0 aromatic heterocycles. The van der Waals surface area contributed by atoms with E-state index in [4.69, 9.17) is 9.78 Å². The topological polar surface area (TPSA) is 47.6 Å². The smallest absolute Gasteiger partial charge is 0.373 e. The molecule has 0 amide bonds. The second-order valence-electron chi connectivity index (χ2n) is 10.9. The van der Waals surface area contributed by atoms with Crippen LogP contribution in [0.2, 0.25) is 0 Å². The standard InChI is InChI=1S/C26H37NO3/c1-24(2,3)20-14-18(15-21(16-20)25(4,5)6)17-27-22-12-10-19(11-13-22)23(28)29-30-26(7,8)9/h10-16,27H,17H2,1-9H3. The average Bonchev–Trinajstić information content (AvgIpc) is 2.62. The highest BCUT2D eigenvalue weighted by Crippen LogP contribution is 2.30. The minimum Gasteiger partial charge on any atom is -0.381 e. The van der Waals surface area contributed by atoms with E-state index in [1.165, 1.54) is 16.7 Å². The highest BCUT2D eigenvalue weighted by Gasteiger charge is 2.20. The van der Waals surface area contributed by atoms with Crippen LogP contribution in [-0.4, -0.2) is 11.6 Å². The second kappa shape index (κ2) is 8.81. The number of benzene rings is 2. The van der Waals surface area contributed by atoms with Crippen LogP contribution in [0.5, 0.6) is 0 Å². The minimum atomic E-state index is -0.537. The van der Waals surface area contributed by atoms with Gasteiger partial charge in [0.2, 0.25) is 0 Å². The molecular formula is C26H37NO3. The molecule has 0 radical (unpaired) electrons. The zero-order valence-corrected chi connectivity index (χ0v) is 20.0. The summed E-state index contributed by atoms with van der Waals surface area (Å²) in [5.41, 5.74) is 4.96. The maximum atomic E-state index is 12.1. The Hall–Kier alpha value is -2.33. The van der Waals surface area contributed by atoms with E-state index in [0.29, 0.717) is 12.1 Å². The SMILES string of the molecule is CC(C)(C)OOC(=O)c1ccc(NCc2cc(C(C)(C)C)cc(C(C)(C)C)c2)cc1. The van der Waals surface area contributed by atoms with Gasteiger partial charge in [-0.05, 0) is 72.6 Å². The number of nitrogens with one attached hydrogen (secondary N) is 1. The molecule has 0 heterocycles. The predicted octanol–water partition coefficient (Wildman–Crippen LogP) is 6.78. The molecule has 0 spiro atoms. The summed E-state index contributed by atoms with van der Waals surface area (Å²) in [4.78, 5) is 22.1. The van der Waals surface area contributed by atoms with Crippen LogP contribution in [0, 0.1) is 0 Å². The number of hydrogen-bond donors (Lipinski definition) is 1. The van der Waals surface area contributed by atoms with E-state index in [0.717, 1.165) is 5.69 Å². The molecule has 2 aromatic rings. The van der Waals surface area contributed by atoms with Crippen molar-refractivity contribution in [2.24, 2.45) is 0 Å². The number of hydrogen-bond acceptors (Lipinski definition) is 4. The first-order valence-electron chi connectivity index (χ1n) is 10.5. The normalized spacial score (nSPS) is 12.6. The van der Waals surface area contributed by atoms with Crippen LogP contribution in [0.1, 0.15) is 89.4 Å². The van der Waals surface area contributed by atoms with Gasteiger partial charge in [0.05, 0.1) is 5.56 Å². The Labute approximate surface area is 181 Å². The van der Waals surface area contributed by atoms with Crippen LogP contribution in [0.3, 0.4) is 0 Å². The predicted molar refractivity (Wildman–Crippen MR) is 124 cm³/mol. The van der Waals surface area contributed by atoms with E-state index in [9.17, 15) is 4.79 Å². The van der Waals surface area contributed by atoms with Crippen molar-refractivity contribution in [1.29, 1.82) is 0 Å². The number of rotatable bonds is 5. The van der Waals surface area contributed by atoms with E-state index in [1.807, 2.05) is 32.9 Å². The molecule has 164 valence electrons. The van der Waals surface area contributed by atoms with E-state index in [2.05, 4.69) is 65.1 Å². The second-order valence-corrected chi connectivity index (χ2v) is 10.9. The van der Waals surface area contributed by atoms with Gasteiger partial charge in [-0.15, -0.1) is 0 Å². The molecule has 4 heteroatoms. The first-order valence-corrected chi connectivity index (χ1v) is 10.5. The fraction of sp³-hybridized carbons (Fsp3) is 0.500. The molecule has 0 aliphatic heterocycles. The van der Waals surface area contributed by atoms with Crippen molar-refractivity contribution in [3.05, 3.63) is 64.7 Å². The van der Waals surface area contributed by atoms with Gasteiger partial charge in [0.1, 0.15) is 5.60 Å². The summed E-state index contributed by atoms with van der Waals surface area (Å²) in [5.74, 6) is -0.496. The number of carbonyl (C=O) groups is 1. The molecule has 0 aliphatic carbocycles. The molecule has 2 aromatic carbocycles. The fourth-order valence-corrected chi connectivity index (χ4v) is 2.80. The zero-order chi connectivity index (χ0) is 22.7. The molecular weight excluding hydrogens is 374 g/mol. The van der Waals surface area contributed by atoms with Crippen molar-refractivity contribution < 1.29 is 14.6 Å². The number of carbonyl (C=O) groups excluding carboxylic acids is 1. The molecule has 0 bridgehead atoms. The quantitative estimate of drug-likeness (QED) is 0.435. The lowest BCUT2D eigenvalue weighted by Gasteiger charge is -2.26. The maximum absolute atomic E-state index is 12.1. The maximum Gasteiger partial charge on any atom is 0.373 e. The molecule has 30 heavy (non-hydrogen) atoms. The summed E-state index contributed by atoms with van der Waals surface area (Å²) in [6.45, 7) is 19.7. The largest absolute Gasteiger partial charge is 0.381 e. The fourth-order valence-electron chi connectivity index (χ4n) is 2.80. The molecule has 0 saturated carbocycles. The minimum absolute atomic E-state index is 0.0904. The van der Waals surface area contributed by atoms with Gasteiger partial charge in [-0.2, -0.15) is 4.89 Å². The third kappa shape index (κ3) is 7.17. The molecule has 0 unspecified atom stereocenters. The monoisotopic (exact) mass is 411 g/mol. The van der Waals surface area contributed by atoms with Crippen molar-refractivity contribution in [2.75, 3.05) is 5.32 Å². The summed E-state index contributed by atoms with van der Waals surface area (Å²) in [6.07, 6.45) is 0. The van der Waals surface area contributed by atoms with Crippen LogP contribution < -0.4 is 5.32 Å². The molecule has 0 saturated heterocycles. The Morgan fingerprint density at radius 2 is 1.30 bits per heavy atom. The van der Waals surface area contributed by atoms with Gasteiger partial charge in [0.15, 0.2) is 0 Å². The van der Waals surface area contributed by atoms with Gasteiger partial charge >= 0.3 is 5.97 Å². The highest BCUT2D eigenvalue weighted by molar-refractivity contribution is 5.89. The lowest BCUT2D eigenvalue weighted by atomic mass is 9.79. The van der Waals surface area contributed by atoms with E-state index in [1.54, 1.807) is 12.1 Å². The van der Waals surface area contributed by atoms with Gasteiger partial charge < -0.3 is 5.32 Å². The third-order valence-corrected chi connectivity index (χ3v) is 4.71. The Morgan fingerprint density at radius 3 is 1.73 bits per heavy atom. The van der Waals surface area contributed by atoms with Crippen LogP contribution in [0.25, 0.3) is 0 Å². The van der Waals surface area contributed by atoms with Crippen LogP contribution >= 0.6 is 0 Å². The van der Waals surface area contributed by atoms with E-state index < -0.39 is 11.6 Å². The highest BCUT2D eigenvalue weighted by atomic mass is 17.2. The molecule has 0 atom stereocenters. The lowest BCUT2D eigenvalue weighted by Crippen LogP contribution is -2.21. The first kappa shape index (κ1) is 23.9. The first-order chi connectivity index (χ1) is 13.6. The van der Waals surface area contributed by atoms with Crippen molar-refractivity contribution in [3.8, 4) is 0 Å². The van der Waals surface area contributed by atoms with Gasteiger partial charge in [-0.25, -0.2) is 4.79 Å². The van der Waals surface area contributed by atoms with E-state index >= 15 is 0 Å². The van der Waals surface area contributed by atoms with Gasteiger partial charge in [0.25, 0.3) is 0 Å². The van der Waals surface area contributed by atoms with Crippen molar-refractivity contribution in [3.63, 3.8) is 0 Å². The summed E-state index contributed by atoms with van der Waals surface area (Å²) < 4.78 is 0. The third-order valence-electron chi connectivity index (χ3n) is 4.71. The Morgan fingerprint density at radius 1 is 0.800 bits per heavy atom. The summed E-state index contributed by atoms with van der Waals surface area (Å²) in [5, 5.41) is 3.46. The Balaban J connectivity index is 2.11. The van der Waals surface area contributed by atoms with Crippen LogP contribution in [0.15, 0.2) is 42.5 Å². The van der Waals surface area contributed by atoms with Crippen molar-refractivity contribution >= 4 is 11.7 Å². The molecule has 1 N–H and O–H groups in total. The van der Waals surface area contributed by atoms with Crippen molar-refractivity contribution in [2.45, 2.75) is 85.3 Å². The van der Waals surface area contributed by atoms with Crippen LogP contribution in [-0.2, 0) is 27.1 Å². The van der Waals surface area contributed by atoms with E-state index in [-0.39, 0.29) is 10.8 Å². The number of anilines is 1. The zero-order valence-electron chi connectivity index (χ0n) is 20.0. The van der Waals surface area contributed by atoms with Crippen molar-refractivity contribution in [1.82, 2.24) is 0 Å². The van der Waals surface area contributed by atoms with Gasteiger partial charge in [-0.3, -0.25) is 4.89 Å². The van der Waals surface area contributed by atoms with Gasteiger partial charge in [-0.1, -0.05) is 59.7 Å². The summed E-state index contributed by atoms with van der Waals surface area (Å²) >= 11 is 0. The molecule has 2 rings (SSSR count). The summed E-state index contributed by atoms with van der Waals surface area (Å²) in [6, 6.07) is 14.1. The average molecular weight is 412 g/mol. The van der Waals surface area contributed by atoms with Gasteiger partial charge in [0, 0.05) is 12.2 Å². The van der Waals surface area contributed by atoms with Crippen LogP contribution in [0.4, 0.5) is 5.69 Å². The Bertz CT molecular complexity index is 831. The molecule has 0 aliphatic rings. The Kier molecular flexibility index (Phi) is 7.03. The molecule has 4 nitrogen and oxygen atoms in total. The lowest BCUT2D eigenvalue weighted by molar-refractivity contribution is -0.301.